The third kappa shape index (κ3) is 2.43. The van der Waals surface area contributed by atoms with E-state index in [9.17, 15) is 0 Å². The number of rotatable bonds is 4. The lowest BCUT2D eigenvalue weighted by Gasteiger charge is -2.14. The molecular weight excluding hydrogens is 302 g/mol. The Balaban J connectivity index is 2.43. The van der Waals surface area contributed by atoms with E-state index in [0.29, 0.717) is 5.92 Å². The highest BCUT2D eigenvalue weighted by Gasteiger charge is 2.25. The predicted octanol–water partition coefficient (Wildman–Crippen LogP) is 3.33. The van der Waals surface area contributed by atoms with Crippen molar-refractivity contribution in [1.82, 2.24) is 14.9 Å². The lowest BCUT2D eigenvalue weighted by Crippen LogP contribution is -2.18. The Labute approximate surface area is 113 Å². The summed E-state index contributed by atoms with van der Waals surface area (Å²) < 4.78 is 10.5. The van der Waals surface area contributed by atoms with Gasteiger partial charge in [-0.1, -0.05) is 18.3 Å². The van der Waals surface area contributed by atoms with Crippen molar-refractivity contribution in [1.29, 1.82) is 0 Å². The second-order valence-corrected chi connectivity index (χ2v) is 5.67. The standard InChI is InChI=1S/C11H14BrN3OS/c1-6(2)8-11(17-15-14-8)9(13-3)10-7(12)4-5-16-10/h4-6,9,13H,1-3H3. The Morgan fingerprint density at radius 2 is 2.24 bits per heavy atom. The van der Waals surface area contributed by atoms with Crippen molar-refractivity contribution >= 4 is 27.5 Å². The summed E-state index contributed by atoms with van der Waals surface area (Å²) in [5.74, 6) is 1.22. The molecule has 2 heterocycles. The summed E-state index contributed by atoms with van der Waals surface area (Å²) in [4.78, 5) is 1.11. The van der Waals surface area contributed by atoms with Crippen LogP contribution < -0.4 is 5.32 Å². The third-order valence-corrected chi connectivity index (χ3v) is 4.00. The Morgan fingerprint density at radius 1 is 1.47 bits per heavy atom. The number of nitrogens with one attached hydrogen (secondary N) is 1. The van der Waals surface area contributed by atoms with E-state index in [0.717, 1.165) is 20.8 Å². The normalized spacial score (nSPS) is 13.2. The second kappa shape index (κ2) is 5.29. The molecule has 0 fully saturated rings. The van der Waals surface area contributed by atoms with Gasteiger partial charge in [-0.05, 0) is 46.5 Å². The predicted molar refractivity (Wildman–Crippen MR) is 71.3 cm³/mol. The number of halogens is 1. The number of aromatic nitrogens is 2. The molecule has 0 spiro atoms. The van der Waals surface area contributed by atoms with Gasteiger partial charge in [0.25, 0.3) is 0 Å². The molecule has 2 aromatic rings. The third-order valence-electron chi connectivity index (χ3n) is 2.54. The number of furan rings is 1. The van der Waals surface area contributed by atoms with E-state index in [1.807, 2.05) is 13.1 Å². The fraction of sp³-hybridized carbons (Fsp3) is 0.455. The molecular formula is C11H14BrN3OS. The van der Waals surface area contributed by atoms with Crippen LogP contribution in [0.5, 0.6) is 0 Å². The van der Waals surface area contributed by atoms with Gasteiger partial charge in [-0.15, -0.1) is 5.10 Å². The molecule has 0 aromatic carbocycles. The monoisotopic (exact) mass is 315 g/mol. The molecule has 0 aliphatic carbocycles. The van der Waals surface area contributed by atoms with E-state index >= 15 is 0 Å². The molecule has 0 amide bonds. The molecule has 0 saturated heterocycles. The maximum atomic E-state index is 5.52. The zero-order chi connectivity index (χ0) is 12.4. The lowest BCUT2D eigenvalue weighted by molar-refractivity contribution is 0.461. The van der Waals surface area contributed by atoms with Crippen LogP contribution in [-0.4, -0.2) is 16.6 Å². The highest BCUT2D eigenvalue weighted by molar-refractivity contribution is 9.10. The van der Waals surface area contributed by atoms with Crippen LogP contribution in [0.25, 0.3) is 0 Å². The van der Waals surface area contributed by atoms with Crippen LogP contribution in [0.3, 0.4) is 0 Å². The van der Waals surface area contributed by atoms with Crippen LogP contribution in [-0.2, 0) is 0 Å². The summed E-state index contributed by atoms with van der Waals surface area (Å²) in [5.41, 5.74) is 1.03. The summed E-state index contributed by atoms with van der Waals surface area (Å²) in [7, 11) is 1.91. The van der Waals surface area contributed by atoms with E-state index in [1.165, 1.54) is 11.5 Å². The van der Waals surface area contributed by atoms with Gasteiger partial charge < -0.3 is 9.73 Å². The molecule has 2 rings (SSSR count). The van der Waals surface area contributed by atoms with Crippen LogP contribution in [0.15, 0.2) is 21.2 Å². The first-order valence-corrected chi connectivity index (χ1v) is 6.94. The lowest BCUT2D eigenvalue weighted by atomic mass is 10.0. The molecule has 1 N–H and O–H groups in total. The maximum absolute atomic E-state index is 5.52. The summed E-state index contributed by atoms with van der Waals surface area (Å²) in [6, 6.07) is 1.89. The van der Waals surface area contributed by atoms with Gasteiger partial charge in [-0.25, -0.2) is 0 Å². The van der Waals surface area contributed by atoms with E-state index in [4.69, 9.17) is 4.42 Å². The molecule has 2 aromatic heterocycles. The molecule has 1 atom stereocenters. The topological polar surface area (TPSA) is 51.0 Å². The van der Waals surface area contributed by atoms with Crippen molar-refractivity contribution in [2.24, 2.45) is 0 Å². The van der Waals surface area contributed by atoms with Crippen LogP contribution in [0.4, 0.5) is 0 Å². The molecule has 0 saturated carbocycles. The average molecular weight is 316 g/mol. The highest BCUT2D eigenvalue weighted by Crippen LogP contribution is 2.34. The maximum Gasteiger partial charge on any atom is 0.140 e. The Hall–Kier alpha value is -0.720. The first-order chi connectivity index (χ1) is 8.15. The Bertz CT molecular complexity index is 494. The van der Waals surface area contributed by atoms with Gasteiger partial charge in [0.05, 0.1) is 21.3 Å². The Morgan fingerprint density at radius 3 is 2.76 bits per heavy atom. The van der Waals surface area contributed by atoms with Gasteiger partial charge in [0, 0.05) is 0 Å². The van der Waals surface area contributed by atoms with Crippen molar-refractivity contribution < 1.29 is 4.42 Å². The summed E-state index contributed by atoms with van der Waals surface area (Å²) in [6.45, 7) is 4.23. The quantitative estimate of drug-likeness (QED) is 0.940. The first-order valence-electron chi connectivity index (χ1n) is 5.37. The fourth-order valence-corrected chi connectivity index (χ4v) is 3.05. The largest absolute Gasteiger partial charge is 0.466 e. The minimum Gasteiger partial charge on any atom is -0.466 e. The van der Waals surface area contributed by atoms with Crippen molar-refractivity contribution in [2.45, 2.75) is 25.8 Å². The van der Waals surface area contributed by atoms with Crippen LogP contribution in [0, 0.1) is 0 Å². The molecule has 92 valence electrons. The minimum absolute atomic E-state index is 0.00299. The van der Waals surface area contributed by atoms with Gasteiger partial charge in [0.15, 0.2) is 0 Å². The molecule has 17 heavy (non-hydrogen) atoms. The summed E-state index contributed by atoms with van der Waals surface area (Å²) in [5, 5.41) is 7.45. The van der Waals surface area contributed by atoms with Crippen molar-refractivity contribution in [3.63, 3.8) is 0 Å². The second-order valence-electron chi connectivity index (χ2n) is 4.03. The van der Waals surface area contributed by atoms with E-state index in [2.05, 4.69) is 44.7 Å². The SMILES string of the molecule is CNC(c1occc1Br)c1snnc1C(C)C. The average Bonchev–Trinajstić information content (AvgIpc) is 2.90. The molecule has 1 unspecified atom stereocenters. The van der Waals surface area contributed by atoms with Gasteiger partial charge in [-0.3, -0.25) is 0 Å². The van der Waals surface area contributed by atoms with E-state index in [1.54, 1.807) is 6.26 Å². The molecule has 0 bridgehead atoms. The van der Waals surface area contributed by atoms with Crippen molar-refractivity contribution in [3.8, 4) is 0 Å². The van der Waals surface area contributed by atoms with E-state index in [-0.39, 0.29) is 6.04 Å². The number of hydrogen-bond acceptors (Lipinski definition) is 5. The van der Waals surface area contributed by atoms with E-state index < -0.39 is 0 Å². The zero-order valence-electron chi connectivity index (χ0n) is 9.90. The number of hydrogen-bond donors (Lipinski definition) is 1. The number of nitrogens with zero attached hydrogens (tertiary/aromatic N) is 2. The molecule has 6 heteroatoms. The van der Waals surface area contributed by atoms with Gasteiger partial charge in [0.2, 0.25) is 0 Å². The van der Waals surface area contributed by atoms with Gasteiger partial charge in [-0.2, -0.15) is 0 Å². The van der Waals surface area contributed by atoms with Gasteiger partial charge >= 0.3 is 0 Å². The fourth-order valence-electron chi connectivity index (χ4n) is 1.70. The smallest absolute Gasteiger partial charge is 0.140 e. The highest BCUT2D eigenvalue weighted by atomic mass is 79.9. The zero-order valence-corrected chi connectivity index (χ0v) is 12.3. The van der Waals surface area contributed by atoms with Crippen LogP contribution in [0.2, 0.25) is 0 Å². The minimum atomic E-state index is -0.00299. The summed E-state index contributed by atoms with van der Waals surface area (Å²) in [6.07, 6.45) is 1.67. The first kappa shape index (κ1) is 12.7. The van der Waals surface area contributed by atoms with Crippen LogP contribution >= 0.6 is 27.5 Å². The summed E-state index contributed by atoms with van der Waals surface area (Å²) >= 11 is 4.90. The van der Waals surface area contributed by atoms with Crippen molar-refractivity contribution in [3.05, 3.63) is 33.1 Å². The van der Waals surface area contributed by atoms with Crippen LogP contribution in [0.1, 0.15) is 42.1 Å². The Kier molecular flexibility index (Phi) is 3.96. The molecule has 0 aliphatic rings. The van der Waals surface area contributed by atoms with Gasteiger partial charge in [0.1, 0.15) is 11.8 Å². The molecule has 0 aliphatic heterocycles. The molecule has 4 nitrogen and oxygen atoms in total. The molecule has 0 radical (unpaired) electrons. The van der Waals surface area contributed by atoms with Crippen molar-refractivity contribution in [2.75, 3.05) is 7.05 Å².